The third-order valence-electron chi connectivity index (χ3n) is 3.89. The molecule has 0 saturated heterocycles. The van der Waals surface area contributed by atoms with Crippen LogP contribution in [0.3, 0.4) is 0 Å². The normalized spacial score (nSPS) is 13.8. The molecular formula is C16H10FN3O3S. The second-order valence-electron chi connectivity index (χ2n) is 5.22. The molecule has 24 heavy (non-hydrogen) atoms. The van der Waals surface area contributed by atoms with Gasteiger partial charge in [-0.2, -0.15) is 0 Å². The van der Waals surface area contributed by atoms with Crippen molar-refractivity contribution in [1.82, 2.24) is 14.3 Å². The fourth-order valence-corrected chi connectivity index (χ4v) is 3.43. The van der Waals surface area contributed by atoms with Gasteiger partial charge in [0.1, 0.15) is 16.8 Å². The lowest BCUT2D eigenvalue weighted by molar-refractivity contribution is 0.103. The lowest BCUT2D eigenvalue weighted by Crippen LogP contribution is -2.21. The Kier molecular flexibility index (Phi) is 3.19. The molecule has 0 amide bonds. The molecule has 1 N–H and O–H groups in total. The van der Waals surface area contributed by atoms with Gasteiger partial charge in [-0.3, -0.25) is 14.2 Å². The highest BCUT2D eigenvalue weighted by atomic mass is 32.2. The number of aromatic nitrogens is 2. The van der Waals surface area contributed by atoms with Crippen LogP contribution in [0.2, 0.25) is 0 Å². The largest absolute Gasteiger partial charge is 0.285 e. The first-order valence-electron chi connectivity index (χ1n) is 7.02. The molecule has 1 unspecified atom stereocenters. The topological polar surface area (TPSA) is 81.1 Å². The first kappa shape index (κ1) is 14.9. The minimum absolute atomic E-state index is 0.0690. The van der Waals surface area contributed by atoms with Gasteiger partial charge in [-0.15, -0.1) is 0 Å². The van der Waals surface area contributed by atoms with E-state index in [1.807, 2.05) is 0 Å². The van der Waals surface area contributed by atoms with E-state index in [1.54, 1.807) is 12.1 Å². The standard InChI is InChI=1S/C16H10FN3O3S/c1-18-24(23)9-3-5-13-11(7-9)14(21)15-19-12-6-8(17)2-4-10(12)16(22)20(13)15/h2-7,18H,1H3. The number of carbonyl (C=O) groups is 1. The number of hydrogen-bond donors (Lipinski definition) is 1. The zero-order valence-corrected chi connectivity index (χ0v) is 13.2. The van der Waals surface area contributed by atoms with E-state index in [9.17, 15) is 18.2 Å². The molecule has 2 heterocycles. The second kappa shape index (κ2) is 5.15. The Hall–Kier alpha value is -2.71. The third kappa shape index (κ3) is 1.97. The summed E-state index contributed by atoms with van der Waals surface area (Å²) in [7, 11) is 0.0796. The van der Waals surface area contributed by atoms with Crippen molar-refractivity contribution < 1.29 is 13.4 Å². The molecule has 2 aromatic carbocycles. The number of carbonyl (C=O) groups excluding carboxylic acids is 1. The predicted octanol–water partition coefficient (Wildman–Crippen LogP) is 1.31. The van der Waals surface area contributed by atoms with Crippen molar-refractivity contribution in [3.8, 4) is 5.69 Å². The molecule has 4 rings (SSSR count). The van der Waals surface area contributed by atoms with Gasteiger partial charge in [0.05, 0.1) is 27.0 Å². The molecule has 0 spiro atoms. The fourth-order valence-electron chi connectivity index (χ4n) is 2.78. The number of ketones is 1. The van der Waals surface area contributed by atoms with Crippen molar-refractivity contribution in [2.75, 3.05) is 7.05 Å². The Labute approximate surface area is 137 Å². The predicted molar refractivity (Wildman–Crippen MR) is 86.2 cm³/mol. The quantitative estimate of drug-likeness (QED) is 0.595. The molecule has 3 aromatic rings. The van der Waals surface area contributed by atoms with Gasteiger partial charge in [-0.25, -0.2) is 18.3 Å². The van der Waals surface area contributed by atoms with E-state index in [0.29, 0.717) is 10.6 Å². The first-order chi connectivity index (χ1) is 11.5. The third-order valence-corrected chi connectivity index (χ3v) is 4.94. The summed E-state index contributed by atoms with van der Waals surface area (Å²) in [5, 5.41) is 0.226. The Balaban J connectivity index is 2.03. The van der Waals surface area contributed by atoms with E-state index in [-0.39, 0.29) is 22.3 Å². The summed E-state index contributed by atoms with van der Waals surface area (Å²) in [6, 6.07) is 8.26. The van der Waals surface area contributed by atoms with Gasteiger partial charge < -0.3 is 0 Å². The van der Waals surface area contributed by atoms with Crippen LogP contribution in [0.15, 0.2) is 46.1 Å². The molecule has 8 heteroatoms. The molecule has 1 atom stereocenters. The number of hydrogen-bond acceptors (Lipinski definition) is 4. The lowest BCUT2D eigenvalue weighted by atomic mass is 10.1. The van der Waals surface area contributed by atoms with Crippen LogP contribution in [-0.2, 0) is 11.0 Å². The van der Waals surface area contributed by atoms with Crippen molar-refractivity contribution in [2.45, 2.75) is 4.90 Å². The van der Waals surface area contributed by atoms with Gasteiger partial charge in [0.2, 0.25) is 5.78 Å². The van der Waals surface area contributed by atoms with Gasteiger partial charge >= 0.3 is 0 Å². The average molecular weight is 343 g/mol. The highest BCUT2D eigenvalue weighted by Gasteiger charge is 2.31. The number of fused-ring (bicyclic) bond motifs is 4. The highest BCUT2D eigenvalue weighted by molar-refractivity contribution is 7.83. The van der Waals surface area contributed by atoms with E-state index in [0.717, 1.165) is 6.07 Å². The summed E-state index contributed by atoms with van der Waals surface area (Å²) in [6.45, 7) is 0. The molecule has 1 aromatic heterocycles. The number of rotatable bonds is 2. The molecule has 120 valence electrons. The average Bonchev–Trinajstić information content (AvgIpc) is 2.86. The Morgan fingerprint density at radius 2 is 1.96 bits per heavy atom. The van der Waals surface area contributed by atoms with Crippen LogP contribution in [0, 0.1) is 5.82 Å². The van der Waals surface area contributed by atoms with Crippen LogP contribution in [0.25, 0.3) is 16.6 Å². The summed E-state index contributed by atoms with van der Waals surface area (Å²) in [4.78, 5) is 29.9. The Bertz CT molecular complexity index is 1120. The maximum absolute atomic E-state index is 13.4. The van der Waals surface area contributed by atoms with Crippen LogP contribution in [-0.4, -0.2) is 26.6 Å². The van der Waals surface area contributed by atoms with Crippen LogP contribution in [0.1, 0.15) is 16.2 Å². The van der Waals surface area contributed by atoms with Crippen LogP contribution in [0.5, 0.6) is 0 Å². The maximum atomic E-state index is 13.4. The van der Waals surface area contributed by atoms with Crippen molar-refractivity contribution in [3.05, 3.63) is 64.0 Å². The molecule has 1 aliphatic heterocycles. The van der Waals surface area contributed by atoms with E-state index < -0.39 is 28.1 Å². The highest BCUT2D eigenvalue weighted by Crippen LogP contribution is 2.28. The fraction of sp³-hybridized carbons (Fsp3) is 0.0625. The number of benzene rings is 2. The number of nitrogens with one attached hydrogen (secondary N) is 1. The first-order valence-corrected chi connectivity index (χ1v) is 8.17. The zero-order valence-electron chi connectivity index (χ0n) is 12.4. The smallest absolute Gasteiger partial charge is 0.266 e. The SMILES string of the molecule is CNS(=O)c1ccc2c(c1)C(=O)c1nc3cc(F)ccc3c(=O)n1-2. The van der Waals surface area contributed by atoms with Gasteiger partial charge in [0.15, 0.2) is 5.82 Å². The summed E-state index contributed by atoms with van der Waals surface area (Å²) >= 11 is 0. The summed E-state index contributed by atoms with van der Waals surface area (Å²) in [5.41, 5.74) is 0.322. The van der Waals surface area contributed by atoms with E-state index in [1.165, 1.54) is 29.8 Å². The Morgan fingerprint density at radius 3 is 2.71 bits per heavy atom. The van der Waals surface area contributed by atoms with Crippen LogP contribution < -0.4 is 10.3 Å². The van der Waals surface area contributed by atoms with E-state index >= 15 is 0 Å². The van der Waals surface area contributed by atoms with Gasteiger partial charge in [0.25, 0.3) is 5.56 Å². The lowest BCUT2D eigenvalue weighted by Gasteiger charge is -2.06. The second-order valence-corrected chi connectivity index (χ2v) is 6.64. The summed E-state index contributed by atoms with van der Waals surface area (Å²) < 4.78 is 29.0. The Morgan fingerprint density at radius 1 is 1.17 bits per heavy atom. The summed E-state index contributed by atoms with van der Waals surface area (Å²) in [6.07, 6.45) is 0. The molecule has 0 radical (unpaired) electrons. The van der Waals surface area contributed by atoms with Gasteiger partial charge in [-0.1, -0.05) is 0 Å². The van der Waals surface area contributed by atoms with Gasteiger partial charge in [-0.05, 0) is 37.4 Å². The van der Waals surface area contributed by atoms with Crippen LogP contribution in [0.4, 0.5) is 4.39 Å². The molecule has 0 bridgehead atoms. The number of nitrogens with zero attached hydrogens (tertiary/aromatic N) is 2. The molecule has 0 saturated carbocycles. The zero-order chi connectivity index (χ0) is 17.0. The minimum Gasteiger partial charge on any atom is -0.285 e. The van der Waals surface area contributed by atoms with Crippen molar-refractivity contribution in [3.63, 3.8) is 0 Å². The van der Waals surface area contributed by atoms with Crippen molar-refractivity contribution in [2.24, 2.45) is 0 Å². The molecule has 1 aliphatic rings. The van der Waals surface area contributed by atoms with Gasteiger partial charge in [0, 0.05) is 6.07 Å². The minimum atomic E-state index is -1.46. The maximum Gasteiger partial charge on any atom is 0.266 e. The molecule has 0 aliphatic carbocycles. The number of halogens is 1. The van der Waals surface area contributed by atoms with Crippen molar-refractivity contribution >= 4 is 27.7 Å². The van der Waals surface area contributed by atoms with E-state index in [4.69, 9.17) is 0 Å². The van der Waals surface area contributed by atoms with Crippen LogP contribution >= 0.6 is 0 Å². The molecule has 6 nitrogen and oxygen atoms in total. The summed E-state index contributed by atoms with van der Waals surface area (Å²) in [5.74, 6) is -1.06. The monoisotopic (exact) mass is 343 g/mol. The molecular weight excluding hydrogens is 333 g/mol. The van der Waals surface area contributed by atoms with Crippen molar-refractivity contribution in [1.29, 1.82) is 0 Å². The molecule has 0 fully saturated rings. The van der Waals surface area contributed by atoms with E-state index in [2.05, 4.69) is 9.71 Å².